The fraction of sp³-hybridized carbons (Fsp3) is 0.0789. The van der Waals surface area contributed by atoms with Crippen LogP contribution >= 0.6 is 0 Å². The lowest BCUT2D eigenvalue weighted by atomic mass is 9.97. The van der Waals surface area contributed by atoms with Crippen LogP contribution in [0.3, 0.4) is 0 Å². The molecule has 5 aromatic heterocycles. The van der Waals surface area contributed by atoms with Crippen molar-refractivity contribution < 1.29 is 4.74 Å². The Hall–Kier alpha value is -5.75. The fourth-order valence-electron chi connectivity index (χ4n) is 7.06. The molecule has 9 rings (SSSR count). The van der Waals surface area contributed by atoms with E-state index in [1.165, 1.54) is 27.6 Å². The van der Waals surface area contributed by atoms with Crippen LogP contribution in [0.2, 0.25) is 0 Å². The van der Waals surface area contributed by atoms with E-state index in [1.54, 1.807) is 0 Å². The fourth-order valence-corrected chi connectivity index (χ4v) is 7.06. The zero-order chi connectivity index (χ0) is 29.5. The Labute approximate surface area is 252 Å². The maximum absolute atomic E-state index is 6.54. The molecule has 0 amide bonds. The number of para-hydroxylation sites is 1. The average molecular weight is 570 g/mol. The van der Waals surface area contributed by atoms with Gasteiger partial charge in [-0.25, -0.2) is 9.97 Å². The average Bonchev–Trinajstić information content (AvgIpc) is 3.70. The molecule has 0 aliphatic rings. The molecule has 6 nitrogen and oxygen atoms in total. The molecule has 0 atom stereocenters. The molecule has 0 aliphatic heterocycles. The number of aromatic nitrogens is 5. The van der Waals surface area contributed by atoms with Crippen LogP contribution in [-0.2, 0) is 0 Å². The Bertz CT molecular complexity index is 2600. The molecule has 0 spiro atoms. The Balaban J connectivity index is 1.24. The van der Waals surface area contributed by atoms with Crippen LogP contribution in [-0.4, -0.2) is 23.8 Å². The number of nitrogens with zero attached hydrogens (tertiary/aromatic N) is 5. The molecule has 0 N–H and O–H groups in total. The van der Waals surface area contributed by atoms with Gasteiger partial charge in [-0.3, -0.25) is 13.8 Å². The molecule has 5 heterocycles. The van der Waals surface area contributed by atoms with Crippen molar-refractivity contribution in [1.29, 1.82) is 0 Å². The van der Waals surface area contributed by atoms with E-state index in [4.69, 9.17) is 9.72 Å². The third-order valence-electron chi connectivity index (χ3n) is 8.77. The number of hydrogen-bond donors (Lipinski definition) is 0. The first-order valence-corrected chi connectivity index (χ1v) is 14.8. The van der Waals surface area contributed by atoms with Gasteiger partial charge in [0.15, 0.2) is 0 Å². The van der Waals surface area contributed by atoms with Crippen molar-refractivity contribution in [2.24, 2.45) is 0 Å². The van der Waals surface area contributed by atoms with Crippen LogP contribution < -0.4 is 4.74 Å². The second-order valence-electron chi connectivity index (χ2n) is 11.6. The van der Waals surface area contributed by atoms with E-state index >= 15 is 0 Å². The predicted molar refractivity (Wildman–Crippen MR) is 178 cm³/mol. The van der Waals surface area contributed by atoms with Gasteiger partial charge in [-0.15, -0.1) is 0 Å². The topological polar surface area (TPSA) is 56.7 Å². The van der Waals surface area contributed by atoms with Gasteiger partial charge in [-0.2, -0.15) is 0 Å². The third kappa shape index (κ3) is 3.51. The number of pyridine rings is 3. The first kappa shape index (κ1) is 24.8. The minimum Gasteiger partial charge on any atom is -0.457 e. The molecule has 0 fully saturated rings. The molecule has 0 bridgehead atoms. The largest absolute Gasteiger partial charge is 0.457 e. The first-order chi connectivity index (χ1) is 21.5. The van der Waals surface area contributed by atoms with E-state index in [9.17, 15) is 0 Å². The summed E-state index contributed by atoms with van der Waals surface area (Å²) in [5.74, 6) is 1.49. The summed E-state index contributed by atoms with van der Waals surface area (Å²) in [6, 6.07) is 29.5. The highest BCUT2D eigenvalue weighted by atomic mass is 16.5. The third-order valence-corrected chi connectivity index (χ3v) is 8.77. The number of ether oxygens (including phenoxy) is 1. The van der Waals surface area contributed by atoms with E-state index in [-0.39, 0.29) is 0 Å². The van der Waals surface area contributed by atoms with E-state index in [0.717, 1.165) is 66.6 Å². The van der Waals surface area contributed by atoms with Crippen LogP contribution in [0.5, 0.6) is 11.5 Å². The maximum Gasteiger partial charge on any atom is 0.145 e. The number of fused-ring (bicyclic) bond motifs is 12. The quantitative estimate of drug-likeness (QED) is 0.199. The summed E-state index contributed by atoms with van der Waals surface area (Å²) >= 11 is 0. The van der Waals surface area contributed by atoms with Crippen LogP contribution in [0.1, 0.15) is 16.7 Å². The van der Waals surface area contributed by atoms with Gasteiger partial charge in [0, 0.05) is 45.7 Å². The highest BCUT2D eigenvalue weighted by Crippen LogP contribution is 2.38. The monoisotopic (exact) mass is 569 g/mol. The number of aryl methyl sites for hydroxylation is 3. The molecule has 6 heteroatoms. The molecule has 0 aliphatic carbocycles. The van der Waals surface area contributed by atoms with E-state index in [1.807, 2.05) is 43.0 Å². The van der Waals surface area contributed by atoms with Gasteiger partial charge in [-0.05, 0) is 91.9 Å². The van der Waals surface area contributed by atoms with Crippen LogP contribution in [0.4, 0.5) is 0 Å². The molecular weight excluding hydrogens is 542 g/mol. The standard InChI is InChI=1S/C38H27N5O/c1-22-17-23(2)35(24(3)18-22)34-21-41-38-30-19-25(10-12-27(30)28-7-4-5-8-32(28)43(34)38)44-26-11-13-29-31(20-26)37-40-15-16-42(37)33-9-6-14-39-36(29)33/h4-21H,1-3H3. The Morgan fingerprint density at radius 2 is 1.32 bits per heavy atom. The Morgan fingerprint density at radius 3 is 2.14 bits per heavy atom. The van der Waals surface area contributed by atoms with Crippen LogP contribution in [0, 0.1) is 20.8 Å². The molecule has 210 valence electrons. The van der Waals surface area contributed by atoms with E-state index in [0.29, 0.717) is 0 Å². The lowest BCUT2D eigenvalue weighted by Crippen LogP contribution is -1.97. The second-order valence-corrected chi connectivity index (χ2v) is 11.6. The summed E-state index contributed by atoms with van der Waals surface area (Å²) in [5.41, 5.74) is 11.0. The summed E-state index contributed by atoms with van der Waals surface area (Å²) in [7, 11) is 0. The molecule has 4 aromatic carbocycles. The summed E-state index contributed by atoms with van der Waals surface area (Å²) in [4.78, 5) is 14.4. The summed E-state index contributed by atoms with van der Waals surface area (Å²) < 4.78 is 10.9. The minimum absolute atomic E-state index is 0.740. The molecule has 9 aromatic rings. The van der Waals surface area contributed by atoms with Gasteiger partial charge >= 0.3 is 0 Å². The summed E-state index contributed by atoms with van der Waals surface area (Å²) in [5, 5.41) is 5.40. The molecule has 0 radical (unpaired) electrons. The summed E-state index contributed by atoms with van der Waals surface area (Å²) in [6.45, 7) is 6.52. The maximum atomic E-state index is 6.54. The SMILES string of the molecule is Cc1cc(C)c(-c2cnc3c4cc(Oc5ccc6c(c5)c5nccn5c5cccnc65)ccc4c4ccccc4n23)c(C)c1. The zero-order valence-corrected chi connectivity index (χ0v) is 24.5. The molecule has 44 heavy (non-hydrogen) atoms. The predicted octanol–water partition coefficient (Wildman–Crippen LogP) is 9.37. The lowest BCUT2D eigenvalue weighted by molar-refractivity contribution is 0.484. The van der Waals surface area contributed by atoms with E-state index < -0.39 is 0 Å². The Morgan fingerprint density at radius 1 is 0.591 bits per heavy atom. The number of benzene rings is 4. The molecule has 0 unspecified atom stereocenters. The van der Waals surface area contributed by atoms with Gasteiger partial charge < -0.3 is 4.74 Å². The lowest BCUT2D eigenvalue weighted by Gasteiger charge is -2.15. The van der Waals surface area contributed by atoms with Crippen molar-refractivity contribution >= 4 is 54.8 Å². The van der Waals surface area contributed by atoms with Gasteiger partial charge in [0.2, 0.25) is 0 Å². The molecule has 0 saturated heterocycles. The van der Waals surface area contributed by atoms with Crippen LogP contribution in [0.15, 0.2) is 110 Å². The smallest absolute Gasteiger partial charge is 0.145 e. The Kier molecular flexibility index (Phi) is 5.14. The van der Waals surface area contributed by atoms with Crippen molar-refractivity contribution in [3.8, 4) is 22.8 Å². The van der Waals surface area contributed by atoms with Gasteiger partial charge in [0.25, 0.3) is 0 Å². The normalized spacial score (nSPS) is 12.0. The molecule has 0 saturated carbocycles. The highest BCUT2D eigenvalue weighted by molar-refractivity contribution is 6.13. The second kappa shape index (κ2) is 9.12. The number of imidazole rings is 2. The minimum atomic E-state index is 0.740. The molecular formula is C38H27N5O. The van der Waals surface area contributed by atoms with Crippen molar-refractivity contribution in [3.05, 3.63) is 126 Å². The van der Waals surface area contributed by atoms with Gasteiger partial charge in [0.1, 0.15) is 22.8 Å². The van der Waals surface area contributed by atoms with Gasteiger partial charge in [0.05, 0.1) is 28.4 Å². The first-order valence-electron chi connectivity index (χ1n) is 14.8. The van der Waals surface area contributed by atoms with Crippen molar-refractivity contribution in [2.45, 2.75) is 20.8 Å². The zero-order valence-electron chi connectivity index (χ0n) is 24.5. The van der Waals surface area contributed by atoms with Crippen LogP contribution in [0.25, 0.3) is 66.0 Å². The van der Waals surface area contributed by atoms with Crippen molar-refractivity contribution in [2.75, 3.05) is 0 Å². The van der Waals surface area contributed by atoms with E-state index in [2.05, 4.69) is 106 Å². The van der Waals surface area contributed by atoms with Gasteiger partial charge in [-0.1, -0.05) is 35.9 Å². The van der Waals surface area contributed by atoms with Crippen molar-refractivity contribution in [3.63, 3.8) is 0 Å². The number of hydrogen-bond acceptors (Lipinski definition) is 4. The highest BCUT2D eigenvalue weighted by Gasteiger charge is 2.18. The van der Waals surface area contributed by atoms with Crippen molar-refractivity contribution in [1.82, 2.24) is 23.8 Å². The number of rotatable bonds is 3. The summed E-state index contributed by atoms with van der Waals surface area (Å²) in [6.07, 6.45) is 7.64.